The molecule has 0 aliphatic carbocycles. The van der Waals surface area contributed by atoms with Crippen LogP contribution in [0, 0.1) is 5.41 Å². The van der Waals surface area contributed by atoms with E-state index in [1.165, 1.54) is 0 Å². The first kappa shape index (κ1) is 15.4. The number of aliphatic carboxylic acids is 1. The largest absolute Gasteiger partial charge is 0.481 e. The minimum Gasteiger partial charge on any atom is -0.481 e. The third-order valence-corrected chi connectivity index (χ3v) is 2.89. The Kier molecular flexibility index (Phi) is 6.60. The highest BCUT2D eigenvalue weighted by Gasteiger charge is 2.26. The highest BCUT2D eigenvalue weighted by Crippen LogP contribution is 2.12. The molecule has 16 heavy (non-hydrogen) atoms. The molecule has 0 fully saturated rings. The minimum absolute atomic E-state index is 0.522. The van der Waals surface area contributed by atoms with Crippen molar-refractivity contribution in [2.24, 2.45) is 5.41 Å². The summed E-state index contributed by atoms with van der Waals surface area (Å²) in [6, 6.07) is 0.565. The van der Waals surface area contributed by atoms with Crippen molar-refractivity contribution >= 4 is 5.97 Å². The normalized spacial score (nSPS) is 12.4. The standard InChI is InChI=1S/C12H26N2O2/c1-10(2)14(5)8-6-7-13-9-12(3,4)11(15)16/h10,13H,6-9H2,1-5H3,(H,15,16). The van der Waals surface area contributed by atoms with Gasteiger partial charge in [0.15, 0.2) is 0 Å². The van der Waals surface area contributed by atoms with Crippen LogP contribution in [0.5, 0.6) is 0 Å². The second-order valence-corrected chi connectivity index (χ2v) is 5.29. The summed E-state index contributed by atoms with van der Waals surface area (Å²) in [5.41, 5.74) is -0.677. The highest BCUT2D eigenvalue weighted by molar-refractivity contribution is 5.73. The Labute approximate surface area is 99.0 Å². The van der Waals surface area contributed by atoms with Gasteiger partial charge in [0.25, 0.3) is 0 Å². The van der Waals surface area contributed by atoms with Gasteiger partial charge >= 0.3 is 5.97 Å². The SMILES string of the molecule is CC(C)N(C)CCCNCC(C)(C)C(=O)O. The molecule has 0 spiro atoms. The summed E-state index contributed by atoms with van der Waals surface area (Å²) in [7, 11) is 2.10. The van der Waals surface area contributed by atoms with E-state index in [9.17, 15) is 4.79 Å². The summed E-state index contributed by atoms with van der Waals surface area (Å²) in [6.45, 7) is 10.2. The number of carboxylic acids is 1. The maximum Gasteiger partial charge on any atom is 0.310 e. The van der Waals surface area contributed by atoms with Gasteiger partial charge in [-0.05, 0) is 54.3 Å². The minimum atomic E-state index is -0.751. The van der Waals surface area contributed by atoms with Crippen LogP contribution in [-0.4, -0.2) is 48.7 Å². The predicted molar refractivity (Wildman–Crippen MR) is 66.7 cm³/mol. The zero-order valence-electron chi connectivity index (χ0n) is 11.2. The molecule has 0 unspecified atom stereocenters. The van der Waals surface area contributed by atoms with Gasteiger partial charge in [0.05, 0.1) is 5.41 Å². The molecule has 0 saturated carbocycles. The van der Waals surface area contributed by atoms with Crippen LogP contribution in [-0.2, 0) is 4.79 Å². The lowest BCUT2D eigenvalue weighted by molar-refractivity contribution is -0.146. The van der Waals surface area contributed by atoms with Crippen LogP contribution < -0.4 is 5.32 Å². The van der Waals surface area contributed by atoms with Crippen molar-refractivity contribution < 1.29 is 9.90 Å². The number of nitrogens with zero attached hydrogens (tertiary/aromatic N) is 1. The Morgan fingerprint density at radius 1 is 1.44 bits per heavy atom. The molecule has 96 valence electrons. The molecule has 4 nitrogen and oxygen atoms in total. The summed E-state index contributed by atoms with van der Waals surface area (Å²) in [5, 5.41) is 12.1. The monoisotopic (exact) mass is 230 g/mol. The molecule has 0 aromatic carbocycles. The second kappa shape index (κ2) is 6.86. The first-order valence-corrected chi connectivity index (χ1v) is 5.91. The zero-order valence-corrected chi connectivity index (χ0v) is 11.2. The van der Waals surface area contributed by atoms with Gasteiger partial charge in [0.2, 0.25) is 0 Å². The molecular formula is C12H26N2O2. The number of hydrogen-bond donors (Lipinski definition) is 2. The van der Waals surface area contributed by atoms with Gasteiger partial charge in [-0.25, -0.2) is 0 Å². The summed E-state index contributed by atoms with van der Waals surface area (Å²) in [4.78, 5) is 13.1. The van der Waals surface area contributed by atoms with Crippen molar-refractivity contribution in [3.8, 4) is 0 Å². The molecule has 0 heterocycles. The fraction of sp³-hybridized carbons (Fsp3) is 0.917. The lowest BCUT2D eigenvalue weighted by Crippen LogP contribution is -2.37. The Hall–Kier alpha value is -0.610. The lowest BCUT2D eigenvalue weighted by atomic mass is 9.94. The third kappa shape index (κ3) is 6.08. The van der Waals surface area contributed by atoms with Gasteiger partial charge in [0.1, 0.15) is 0 Å². The molecule has 0 atom stereocenters. The van der Waals surface area contributed by atoms with E-state index in [4.69, 9.17) is 5.11 Å². The number of carbonyl (C=O) groups is 1. The molecule has 0 aliphatic heterocycles. The molecule has 0 aromatic rings. The van der Waals surface area contributed by atoms with Crippen LogP contribution in [0.25, 0.3) is 0 Å². The Balaban J connectivity index is 3.58. The summed E-state index contributed by atoms with van der Waals surface area (Å²) in [5.74, 6) is -0.751. The average Bonchev–Trinajstić information content (AvgIpc) is 2.16. The van der Waals surface area contributed by atoms with E-state index >= 15 is 0 Å². The molecule has 0 rings (SSSR count). The molecule has 0 aromatic heterocycles. The average molecular weight is 230 g/mol. The van der Waals surface area contributed by atoms with Gasteiger partial charge in [-0.1, -0.05) is 0 Å². The molecule has 0 aliphatic rings. The summed E-state index contributed by atoms with van der Waals surface area (Å²) < 4.78 is 0. The van der Waals surface area contributed by atoms with Crippen molar-refractivity contribution in [1.82, 2.24) is 10.2 Å². The maximum absolute atomic E-state index is 10.8. The van der Waals surface area contributed by atoms with Crippen LogP contribution in [0.3, 0.4) is 0 Å². The first-order chi connectivity index (χ1) is 7.27. The van der Waals surface area contributed by atoms with Crippen LogP contribution in [0.2, 0.25) is 0 Å². The smallest absolute Gasteiger partial charge is 0.310 e. The van der Waals surface area contributed by atoms with Crippen molar-refractivity contribution in [3.05, 3.63) is 0 Å². The van der Waals surface area contributed by atoms with Gasteiger partial charge in [-0.2, -0.15) is 0 Å². The fourth-order valence-corrected chi connectivity index (χ4v) is 1.19. The molecule has 0 radical (unpaired) electrons. The highest BCUT2D eigenvalue weighted by atomic mass is 16.4. The number of hydrogen-bond acceptors (Lipinski definition) is 3. The number of nitrogens with one attached hydrogen (secondary N) is 1. The summed E-state index contributed by atoms with van der Waals surface area (Å²) >= 11 is 0. The zero-order chi connectivity index (χ0) is 12.8. The van der Waals surface area contributed by atoms with Crippen molar-refractivity contribution in [2.45, 2.75) is 40.2 Å². The number of rotatable bonds is 8. The topological polar surface area (TPSA) is 52.6 Å². The van der Waals surface area contributed by atoms with Gasteiger partial charge in [-0.15, -0.1) is 0 Å². The lowest BCUT2D eigenvalue weighted by Gasteiger charge is -2.22. The van der Waals surface area contributed by atoms with E-state index in [2.05, 4.69) is 31.1 Å². The third-order valence-electron chi connectivity index (χ3n) is 2.89. The van der Waals surface area contributed by atoms with E-state index in [1.54, 1.807) is 13.8 Å². The molecular weight excluding hydrogens is 204 g/mol. The van der Waals surface area contributed by atoms with Crippen molar-refractivity contribution in [1.29, 1.82) is 0 Å². The predicted octanol–water partition coefficient (Wildman–Crippen LogP) is 1.42. The van der Waals surface area contributed by atoms with Gasteiger partial charge in [0, 0.05) is 12.6 Å². The fourth-order valence-electron chi connectivity index (χ4n) is 1.19. The van der Waals surface area contributed by atoms with E-state index in [0.29, 0.717) is 12.6 Å². The molecule has 2 N–H and O–H groups in total. The number of carboxylic acid groups (broad SMARTS) is 1. The van der Waals surface area contributed by atoms with Crippen LogP contribution >= 0.6 is 0 Å². The van der Waals surface area contributed by atoms with E-state index in [0.717, 1.165) is 19.5 Å². The van der Waals surface area contributed by atoms with Gasteiger partial charge in [-0.3, -0.25) is 4.79 Å². The van der Waals surface area contributed by atoms with Crippen LogP contribution in [0.4, 0.5) is 0 Å². The van der Waals surface area contributed by atoms with Gasteiger partial charge < -0.3 is 15.3 Å². The van der Waals surface area contributed by atoms with Crippen molar-refractivity contribution in [2.75, 3.05) is 26.7 Å². The summed E-state index contributed by atoms with van der Waals surface area (Å²) in [6.07, 6.45) is 1.05. The van der Waals surface area contributed by atoms with E-state index in [1.807, 2.05) is 0 Å². The molecule has 0 saturated heterocycles. The molecule has 4 heteroatoms. The van der Waals surface area contributed by atoms with Crippen LogP contribution in [0.15, 0.2) is 0 Å². The second-order valence-electron chi connectivity index (χ2n) is 5.29. The Morgan fingerprint density at radius 3 is 2.44 bits per heavy atom. The Morgan fingerprint density at radius 2 is 2.00 bits per heavy atom. The molecule has 0 amide bonds. The van der Waals surface area contributed by atoms with E-state index in [-0.39, 0.29) is 0 Å². The quantitative estimate of drug-likeness (QED) is 0.619. The van der Waals surface area contributed by atoms with E-state index < -0.39 is 11.4 Å². The van der Waals surface area contributed by atoms with Crippen molar-refractivity contribution in [3.63, 3.8) is 0 Å². The maximum atomic E-state index is 10.8. The van der Waals surface area contributed by atoms with Crippen LogP contribution in [0.1, 0.15) is 34.1 Å². The molecule has 0 bridgehead atoms. The Bertz CT molecular complexity index is 215. The first-order valence-electron chi connectivity index (χ1n) is 5.91.